The van der Waals surface area contributed by atoms with Crippen molar-refractivity contribution in [1.82, 2.24) is 25.2 Å². The Bertz CT molecular complexity index is 2260. The number of nitrogens with one attached hydrogen (secondary N) is 3. The molecule has 0 unspecified atom stereocenters. The maximum atomic E-state index is 14.8. The topological polar surface area (TPSA) is 182 Å². The summed E-state index contributed by atoms with van der Waals surface area (Å²) in [5.74, 6) is -1.53. The van der Waals surface area contributed by atoms with Crippen LogP contribution in [-0.2, 0) is 29.1 Å². The molecule has 5 atom stereocenters. The highest BCUT2D eigenvalue weighted by atomic mass is 32.2. The maximum Gasteiger partial charge on any atom is 0.407 e. The van der Waals surface area contributed by atoms with Gasteiger partial charge in [0.25, 0.3) is 5.91 Å². The standard InChI is InChI=1S/C43H49N5O9S/c1-3-29-24-43(29,41(51)47-58(53,54)31-17-18-31)46-39(49)35-21-30-25-48(35)40(50)38(27-14-9-10-15-27)45-42(52)56-19-11-5-8-16-28-20-32-34(23-36(28)55-2)44-33(22-37(32)57-30)26-12-6-4-7-13-26/h3-4,6-8,12-13,16,20,22-23,27,29-31,35,38H,1,5,9-11,14-15,17-19,21,24-25H2,2H3,(H,45,52)(H,46,49)(H,47,51)/b16-8+/t29-,30-,35+,38+,43-/m1/s1. The van der Waals surface area contributed by atoms with Crippen molar-refractivity contribution in [2.45, 2.75) is 93.2 Å². The molecule has 4 amide bonds. The first-order valence-corrected chi connectivity index (χ1v) is 21.7. The Morgan fingerprint density at radius 3 is 2.55 bits per heavy atom. The monoisotopic (exact) mass is 811 g/mol. The first-order valence-electron chi connectivity index (χ1n) is 20.2. The number of fused-ring (bicyclic) bond motifs is 3. The van der Waals surface area contributed by atoms with Crippen molar-refractivity contribution in [2.75, 3.05) is 20.3 Å². The molecule has 4 fully saturated rings. The van der Waals surface area contributed by atoms with Crippen molar-refractivity contribution < 1.29 is 41.8 Å². The Morgan fingerprint density at radius 1 is 1.07 bits per heavy atom. The molecular weight excluding hydrogens is 763 g/mol. The quantitative estimate of drug-likeness (QED) is 0.248. The molecule has 3 N–H and O–H groups in total. The Kier molecular flexibility index (Phi) is 10.9. The Labute approximate surface area is 337 Å². The van der Waals surface area contributed by atoms with Gasteiger partial charge in [0.1, 0.15) is 35.2 Å². The number of ether oxygens (including phenoxy) is 3. The number of methoxy groups -OCH3 is 1. The number of sulfonamides is 1. The van der Waals surface area contributed by atoms with E-state index in [0.717, 1.165) is 24.0 Å². The second-order valence-electron chi connectivity index (χ2n) is 16.0. The van der Waals surface area contributed by atoms with Crippen molar-refractivity contribution in [1.29, 1.82) is 0 Å². The number of hydrogen-bond acceptors (Lipinski definition) is 10. The summed E-state index contributed by atoms with van der Waals surface area (Å²) in [5.41, 5.74) is 1.36. The van der Waals surface area contributed by atoms with Crippen LogP contribution in [0.3, 0.4) is 0 Å². The lowest BCUT2D eigenvalue weighted by Gasteiger charge is -2.32. The van der Waals surface area contributed by atoms with Crippen LogP contribution in [-0.4, -0.2) is 91.4 Å². The number of aromatic nitrogens is 1. The van der Waals surface area contributed by atoms with Gasteiger partial charge in [-0.3, -0.25) is 19.1 Å². The van der Waals surface area contributed by atoms with Gasteiger partial charge in [0, 0.05) is 41.0 Å². The first-order chi connectivity index (χ1) is 28.0. The molecule has 3 saturated carbocycles. The van der Waals surface area contributed by atoms with Crippen LogP contribution in [0.5, 0.6) is 11.5 Å². The molecule has 15 heteroatoms. The molecule has 3 heterocycles. The lowest BCUT2D eigenvalue weighted by Crippen LogP contribution is -2.59. The zero-order valence-electron chi connectivity index (χ0n) is 32.5. The van der Waals surface area contributed by atoms with Crippen LogP contribution in [0.4, 0.5) is 4.79 Å². The van der Waals surface area contributed by atoms with Crippen LogP contribution in [0.1, 0.15) is 69.8 Å². The summed E-state index contributed by atoms with van der Waals surface area (Å²) in [6.45, 7) is 3.93. The fourth-order valence-electron chi connectivity index (χ4n) is 8.57. The summed E-state index contributed by atoms with van der Waals surface area (Å²) in [4.78, 5) is 62.6. The summed E-state index contributed by atoms with van der Waals surface area (Å²) < 4.78 is 46.0. The molecule has 306 valence electrons. The zero-order valence-corrected chi connectivity index (χ0v) is 33.3. The highest BCUT2D eigenvalue weighted by molar-refractivity contribution is 7.91. The van der Waals surface area contributed by atoms with E-state index in [1.807, 2.05) is 60.7 Å². The van der Waals surface area contributed by atoms with Crippen LogP contribution in [0.15, 0.2) is 67.3 Å². The van der Waals surface area contributed by atoms with Crippen LogP contribution in [0.2, 0.25) is 0 Å². The molecule has 2 aliphatic heterocycles. The van der Waals surface area contributed by atoms with Crippen molar-refractivity contribution in [3.63, 3.8) is 0 Å². The average molecular weight is 812 g/mol. The number of carbonyl (C=O) groups is 4. The van der Waals surface area contributed by atoms with E-state index in [1.165, 1.54) is 11.0 Å². The summed E-state index contributed by atoms with van der Waals surface area (Å²) in [7, 11) is -2.32. The number of pyridine rings is 1. The van der Waals surface area contributed by atoms with Gasteiger partial charge in [-0.2, -0.15) is 0 Å². The molecule has 3 aromatic rings. The van der Waals surface area contributed by atoms with E-state index in [2.05, 4.69) is 21.9 Å². The van der Waals surface area contributed by atoms with Crippen molar-refractivity contribution >= 4 is 50.8 Å². The molecule has 5 aliphatic rings. The van der Waals surface area contributed by atoms with Gasteiger partial charge in [0.15, 0.2) is 0 Å². The van der Waals surface area contributed by atoms with Gasteiger partial charge < -0.3 is 29.7 Å². The van der Waals surface area contributed by atoms with Crippen LogP contribution >= 0.6 is 0 Å². The van der Waals surface area contributed by atoms with Gasteiger partial charge in [0.2, 0.25) is 21.8 Å². The number of benzene rings is 2. The minimum atomic E-state index is -3.91. The van der Waals surface area contributed by atoms with Gasteiger partial charge in [0.05, 0.1) is 36.7 Å². The third kappa shape index (κ3) is 8.00. The van der Waals surface area contributed by atoms with Crippen LogP contribution < -0.4 is 24.8 Å². The van der Waals surface area contributed by atoms with Crippen molar-refractivity contribution in [3.8, 4) is 22.8 Å². The Hall–Kier alpha value is -5.44. The normalized spacial score (nSPS) is 27.1. The molecule has 1 saturated heterocycles. The molecule has 14 nitrogen and oxygen atoms in total. The number of amides is 4. The van der Waals surface area contributed by atoms with Crippen molar-refractivity contribution in [2.24, 2.45) is 11.8 Å². The number of alkyl carbamates (subject to hydrolysis) is 1. The lowest BCUT2D eigenvalue weighted by molar-refractivity contribution is -0.142. The van der Waals surface area contributed by atoms with E-state index >= 15 is 0 Å². The third-order valence-corrected chi connectivity index (χ3v) is 13.9. The molecule has 8 rings (SSSR count). The number of hydrogen-bond donors (Lipinski definition) is 3. The molecule has 0 radical (unpaired) electrons. The van der Waals surface area contributed by atoms with E-state index in [9.17, 15) is 27.6 Å². The van der Waals surface area contributed by atoms with E-state index in [1.54, 1.807) is 7.11 Å². The summed E-state index contributed by atoms with van der Waals surface area (Å²) in [6, 6.07) is 13.2. The largest absolute Gasteiger partial charge is 0.496 e. The fraction of sp³-hybridized carbons (Fsp3) is 0.465. The third-order valence-electron chi connectivity index (χ3n) is 12.0. The van der Waals surface area contributed by atoms with Crippen LogP contribution in [0, 0.1) is 11.8 Å². The van der Waals surface area contributed by atoms with Gasteiger partial charge in [-0.15, -0.1) is 6.58 Å². The molecule has 4 bridgehead atoms. The lowest BCUT2D eigenvalue weighted by atomic mass is 9.96. The highest BCUT2D eigenvalue weighted by Gasteiger charge is 2.62. The molecule has 58 heavy (non-hydrogen) atoms. The second-order valence-corrected chi connectivity index (χ2v) is 18.0. The van der Waals surface area contributed by atoms with Crippen LogP contribution in [0.25, 0.3) is 28.2 Å². The Morgan fingerprint density at radius 2 is 1.84 bits per heavy atom. The Balaban J connectivity index is 1.18. The van der Waals surface area contributed by atoms with Crippen molar-refractivity contribution in [3.05, 3.63) is 72.8 Å². The number of allylic oxidation sites excluding steroid dienone is 1. The minimum Gasteiger partial charge on any atom is -0.496 e. The van der Waals surface area contributed by atoms with Gasteiger partial charge in [-0.05, 0) is 56.9 Å². The van der Waals surface area contributed by atoms with Gasteiger partial charge in [-0.25, -0.2) is 18.2 Å². The smallest absolute Gasteiger partial charge is 0.407 e. The molecule has 2 aromatic carbocycles. The summed E-state index contributed by atoms with van der Waals surface area (Å²) >= 11 is 0. The molecule has 0 spiro atoms. The molecular formula is C43H49N5O9S. The number of nitrogens with zero attached hydrogens (tertiary/aromatic N) is 2. The minimum absolute atomic E-state index is 0.00951. The zero-order chi connectivity index (χ0) is 40.6. The van der Waals surface area contributed by atoms with E-state index < -0.39 is 68.7 Å². The summed E-state index contributed by atoms with van der Waals surface area (Å²) in [6.07, 6.45) is 9.49. The van der Waals surface area contributed by atoms with Gasteiger partial charge in [-0.1, -0.05) is 61.4 Å². The SMILES string of the molecule is C=C[C@@H]1C[C@]1(NC(=O)[C@@H]1C[C@@H]2CN1C(=O)[C@H](C1CCCC1)NC(=O)OCCC/C=C/c1cc3c(cc(-c4ccccc4)nc3cc1OC)O2)C(=O)NS(=O)(=O)C1CC1. The molecule has 3 aliphatic carbocycles. The van der Waals surface area contributed by atoms with E-state index in [0.29, 0.717) is 66.6 Å². The fourth-order valence-corrected chi connectivity index (χ4v) is 9.93. The predicted octanol–water partition coefficient (Wildman–Crippen LogP) is 5.02. The van der Waals surface area contributed by atoms with E-state index in [4.69, 9.17) is 19.2 Å². The van der Waals surface area contributed by atoms with E-state index in [-0.39, 0.29) is 31.9 Å². The maximum absolute atomic E-state index is 14.8. The number of carbonyl (C=O) groups excluding carboxylic acids is 4. The number of cyclic esters (lactones) is 1. The number of rotatable bonds is 9. The highest BCUT2D eigenvalue weighted by Crippen LogP contribution is 2.46. The first kappa shape index (κ1) is 39.4. The summed E-state index contributed by atoms with van der Waals surface area (Å²) in [5, 5.41) is 5.75. The average Bonchev–Trinajstić information content (AvgIpc) is 4.09. The predicted molar refractivity (Wildman–Crippen MR) is 216 cm³/mol. The second kappa shape index (κ2) is 16.1. The van der Waals surface area contributed by atoms with Gasteiger partial charge >= 0.3 is 6.09 Å². The molecule has 1 aromatic heterocycles.